The van der Waals surface area contributed by atoms with Crippen molar-refractivity contribution in [2.24, 2.45) is 0 Å². The number of anilines is 1. The van der Waals surface area contributed by atoms with Gasteiger partial charge in [-0.3, -0.25) is 4.98 Å². The third kappa shape index (κ3) is 4.64. The van der Waals surface area contributed by atoms with E-state index in [0.717, 1.165) is 25.3 Å². The topological polar surface area (TPSA) is 105 Å². The van der Waals surface area contributed by atoms with E-state index in [0.29, 0.717) is 40.3 Å². The van der Waals surface area contributed by atoms with Gasteiger partial charge in [-0.2, -0.15) is 5.26 Å². The molecule has 0 radical (unpaired) electrons. The van der Waals surface area contributed by atoms with Crippen molar-refractivity contribution in [3.05, 3.63) is 54.5 Å². The first kappa shape index (κ1) is 19.6. The Balaban J connectivity index is 1.63. The average Bonchev–Trinajstić information content (AvgIpc) is 3.32. The Kier molecular flexibility index (Phi) is 6.01. The van der Waals surface area contributed by atoms with Crippen LogP contribution in [0.3, 0.4) is 0 Å². The average molecular weight is 402 g/mol. The molecule has 0 unspecified atom stereocenters. The molecule has 1 fully saturated rings. The Hall–Kier alpha value is -3.70. The summed E-state index contributed by atoms with van der Waals surface area (Å²) in [5.41, 5.74) is 1.74. The molecule has 1 atom stereocenters. The monoisotopic (exact) mass is 402 g/mol. The molecule has 1 aromatic carbocycles. The number of ether oxygens (including phenoxy) is 2. The van der Waals surface area contributed by atoms with Crippen LogP contribution in [0.4, 0.5) is 5.82 Å². The SMILES string of the molecule is COc1ccc(Oc2nc(-c3cncc(C#N)c3)cnc2NC[C@@H]2CCCN2)cc1. The lowest BCUT2D eigenvalue weighted by Gasteiger charge is -2.15. The van der Waals surface area contributed by atoms with Gasteiger partial charge in [-0.1, -0.05) is 0 Å². The van der Waals surface area contributed by atoms with E-state index in [1.54, 1.807) is 25.6 Å². The minimum Gasteiger partial charge on any atom is -0.497 e. The molecule has 4 rings (SSSR count). The highest BCUT2D eigenvalue weighted by molar-refractivity contribution is 5.62. The number of aromatic nitrogens is 3. The number of hydrogen-bond donors (Lipinski definition) is 2. The van der Waals surface area contributed by atoms with Gasteiger partial charge in [-0.15, -0.1) is 0 Å². The molecule has 1 aliphatic rings. The van der Waals surface area contributed by atoms with Crippen LogP contribution in [0.15, 0.2) is 48.9 Å². The molecule has 8 nitrogen and oxygen atoms in total. The quantitative estimate of drug-likeness (QED) is 0.620. The number of nitrogens with one attached hydrogen (secondary N) is 2. The first-order chi connectivity index (χ1) is 14.7. The van der Waals surface area contributed by atoms with Crippen LogP contribution in [0.1, 0.15) is 18.4 Å². The maximum atomic E-state index is 9.14. The number of pyridine rings is 1. The number of hydrogen-bond acceptors (Lipinski definition) is 8. The Morgan fingerprint density at radius 3 is 2.77 bits per heavy atom. The third-order valence-electron chi connectivity index (χ3n) is 4.86. The minimum atomic E-state index is 0.359. The number of rotatable bonds is 7. The molecule has 3 aromatic rings. The third-order valence-corrected chi connectivity index (χ3v) is 4.86. The Morgan fingerprint density at radius 1 is 1.20 bits per heavy atom. The van der Waals surface area contributed by atoms with E-state index in [4.69, 9.17) is 14.7 Å². The summed E-state index contributed by atoms with van der Waals surface area (Å²) in [7, 11) is 1.62. The van der Waals surface area contributed by atoms with Crippen LogP contribution in [0.25, 0.3) is 11.3 Å². The number of nitriles is 1. The van der Waals surface area contributed by atoms with Gasteiger partial charge in [0.25, 0.3) is 5.88 Å². The van der Waals surface area contributed by atoms with Gasteiger partial charge in [-0.25, -0.2) is 9.97 Å². The molecular formula is C22H22N6O2. The van der Waals surface area contributed by atoms with Gasteiger partial charge in [0.15, 0.2) is 5.82 Å². The molecule has 0 saturated carbocycles. The standard InChI is InChI=1S/C22H22N6O2/c1-29-18-4-6-19(7-5-18)30-22-21(26-13-17-3-2-8-25-17)27-14-20(28-22)16-9-15(10-23)11-24-12-16/h4-7,9,11-12,14,17,25H,2-3,8,13H2,1H3,(H,26,27)/t17-/m0/s1. The van der Waals surface area contributed by atoms with Gasteiger partial charge < -0.3 is 20.1 Å². The fraction of sp³-hybridized carbons (Fsp3) is 0.273. The van der Waals surface area contributed by atoms with Crippen molar-refractivity contribution in [1.82, 2.24) is 20.3 Å². The highest BCUT2D eigenvalue weighted by Crippen LogP contribution is 2.30. The van der Waals surface area contributed by atoms with Crippen molar-refractivity contribution in [3.8, 4) is 34.7 Å². The molecule has 0 bridgehead atoms. The molecule has 2 aromatic heterocycles. The maximum Gasteiger partial charge on any atom is 0.263 e. The van der Waals surface area contributed by atoms with E-state index >= 15 is 0 Å². The zero-order valence-electron chi connectivity index (χ0n) is 16.6. The van der Waals surface area contributed by atoms with Crippen LogP contribution in [0.2, 0.25) is 0 Å². The Bertz CT molecular complexity index is 1040. The summed E-state index contributed by atoms with van der Waals surface area (Å²) in [6, 6.07) is 11.5. The summed E-state index contributed by atoms with van der Waals surface area (Å²) in [5, 5.41) is 15.9. The first-order valence-electron chi connectivity index (χ1n) is 9.77. The van der Waals surface area contributed by atoms with Crippen LogP contribution in [-0.2, 0) is 0 Å². The molecule has 2 N–H and O–H groups in total. The minimum absolute atomic E-state index is 0.359. The highest BCUT2D eigenvalue weighted by atomic mass is 16.5. The molecule has 0 aliphatic carbocycles. The molecule has 0 spiro atoms. The van der Waals surface area contributed by atoms with E-state index in [2.05, 4.69) is 31.7 Å². The number of benzene rings is 1. The molecule has 1 saturated heterocycles. The van der Waals surface area contributed by atoms with Crippen molar-refractivity contribution in [3.63, 3.8) is 0 Å². The largest absolute Gasteiger partial charge is 0.497 e. The predicted molar refractivity (Wildman–Crippen MR) is 113 cm³/mol. The van der Waals surface area contributed by atoms with Crippen molar-refractivity contribution in [2.75, 3.05) is 25.5 Å². The van der Waals surface area contributed by atoms with E-state index in [1.165, 1.54) is 12.6 Å². The highest BCUT2D eigenvalue weighted by Gasteiger charge is 2.17. The van der Waals surface area contributed by atoms with Gasteiger partial charge in [-0.05, 0) is 49.7 Å². The summed E-state index contributed by atoms with van der Waals surface area (Å²) in [6.45, 7) is 1.77. The molecule has 30 heavy (non-hydrogen) atoms. The second kappa shape index (κ2) is 9.20. The second-order valence-corrected chi connectivity index (χ2v) is 6.93. The molecule has 1 aliphatic heterocycles. The van der Waals surface area contributed by atoms with Crippen LogP contribution in [0.5, 0.6) is 17.4 Å². The smallest absolute Gasteiger partial charge is 0.263 e. The van der Waals surface area contributed by atoms with Crippen molar-refractivity contribution < 1.29 is 9.47 Å². The zero-order chi connectivity index (χ0) is 20.8. The van der Waals surface area contributed by atoms with Crippen molar-refractivity contribution >= 4 is 5.82 Å². The molecule has 0 amide bonds. The lowest BCUT2D eigenvalue weighted by atomic mass is 10.2. The molecule has 8 heteroatoms. The Morgan fingerprint density at radius 2 is 2.03 bits per heavy atom. The van der Waals surface area contributed by atoms with Gasteiger partial charge in [0.2, 0.25) is 0 Å². The van der Waals surface area contributed by atoms with Crippen LogP contribution in [0, 0.1) is 11.3 Å². The fourth-order valence-corrected chi connectivity index (χ4v) is 3.25. The van der Waals surface area contributed by atoms with Gasteiger partial charge in [0.05, 0.1) is 24.6 Å². The lowest BCUT2D eigenvalue weighted by molar-refractivity contribution is 0.412. The molecule has 3 heterocycles. The predicted octanol–water partition coefficient (Wildman–Crippen LogP) is 3.38. The summed E-state index contributed by atoms with van der Waals surface area (Å²) in [5.74, 6) is 2.28. The van der Waals surface area contributed by atoms with E-state index < -0.39 is 0 Å². The fourth-order valence-electron chi connectivity index (χ4n) is 3.25. The summed E-state index contributed by atoms with van der Waals surface area (Å²) >= 11 is 0. The van der Waals surface area contributed by atoms with Crippen LogP contribution >= 0.6 is 0 Å². The maximum absolute atomic E-state index is 9.14. The van der Waals surface area contributed by atoms with Gasteiger partial charge >= 0.3 is 0 Å². The Labute approximate surface area is 174 Å². The van der Waals surface area contributed by atoms with Crippen molar-refractivity contribution in [2.45, 2.75) is 18.9 Å². The summed E-state index contributed by atoms with van der Waals surface area (Å²) in [4.78, 5) is 13.3. The second-order valence-electron chi connectivity index (χ2n) is 6.93. The number of nitrogens with zero attached hydrogens (tertiary/aromatic N) is 4. The zero-order valence-corrected chi connectivity index (χ0v) is 16.6. The van der Waals surface area contributed by atoms with E-state index in [1.807, 2.05) is 24.3 Å². The molecule has 152 valence electrons. The summed E-state index contributed by atoms with van der Waals surface area (Å²) < 4.78 is 11.2. The molecular weight excluding hydrogens is 380 g/mol. The van der Waals surface area contributed by atoms with Crippen LogP contribution in [-0.4, -0.2) is 41.2 Å². The van der Waals surface area contributed by atoms with Gasteiger partial charge in [0.1, 0.15) is 17.6 Å². The van der Waals surface area contributed by atoms with Crippen LogP contribution < -0.4 is 20.1 Å². The van der Waals surface area contributed by atoms with E-state index in [9.17, 15) is 0 Å². The number of methoxy groups -OCH3 is 1. The van der Waals surface area contributed by atoms with E-state index in [-0.39, 0.29) is 0 Å². The normalized spacial score (nSPS) is 15.4. The lowest BCUT2D eigenvalue weighted by Crippen LogP contribution is -2.29. The van der Waals surface area contributed by atoms with Crippen molar-refractivity contribution in [1.29, 1.82) is 5.26 Å². The first-order valence-corrected chi connectivity index (χ1v) is 9.77. The van der Waals surface area contributed by atoms with Gasteiger partial charge in [0, 0.05) is 30.5 Å². The summed E-state index contributed by atoms with van der Waals surface area (Å²) in [6.07, 6.45) is 7.12.